The highest BCUT2D eigenvalue weighted by atomic mass is 16.2. The zero-order valence-electron chi connectivity index (χ0n) is 11.7. The molecule has 4 heteroatoms. The summed E-state index contributed by atoms with van der Waals surface area (Å²) in [6.45, 7) is 11.2. The van der Waals surface area contributed by atoms with Crippen LogP contribution in [0.4, 0.5) is 0 Å². The van der Waals surface area contributed by atoms with Crippen molar-refractivity contribution in [3.63, 3.8) is 0 Å². The van der Waals surface area contributed by atoms with Crippen LogP contribution in [-0.2, 0) is 7.05 Å². The molecule has 0 aliphatic carbocycles. The second kappa shape index (κ2) is 4.90. The van der Waals surface area contributed by atoms with Gasteiger partial charge in [-0.1, -0.05) is 20.8 Å². The normalized spacial score (nSPS) is 11.9. The Kier molecular flexibility index (Phi) is 3.96. The van der Waals surface area contributed by atoms with E-state index in [1.54, 1.807) is 24.0 Å². The third kappa shape index (κ3) is 3.58. The molecule has 0 fully saturated rings. The summed E-state index contributed by atoms with van der Waals surface area (Å²) in [6.07, 6.45) is 1.66. The number of amides is 1. The number of nitrogens with zero attached hydrogens (tertiary/aromatic N) is 3. The molecule has 17 heavy (non-hydrogen) atoms. The molecule has 0 aliphatic rings. The monoisotopic (exact) mass is 237 g/mol. The van der Waals surface area contributed by atoms with Gasteiger partial charge in [0.2, 0.25) is 0 Å². The standard InChI is InChI=1S/C13H23N3O/c1-10(2)16(9-13(3,4)5)12(17)11-7-8-14-15(11)6/h7-8,10H,9H2,1-6H3. The Bertz CT molecular complexity index is 388. The number of rotatable bonds is 3. The van der Waals surface area contributed by atoms with Crippen LogP contribution in [0.3, 0.4) is 0 Å². The van der Waals surface area contributed by atoms with E-state index in [4.69, 9.17) is 0 Å². The molecule has 1 heterocycles. The Morgan fingerprint density at radius 2 is 2.06 bits per heavy atom. The predicted octanol–water partition coefficient (Wildman–Crippen LogP) is 2.32. The van der Waals surface area contributed by atoms with Crippen LogP contribution in [-0.4, -0.2) is 33.2 Å². The molecule has 0 saturated heterocycles. The fraction of sp³-hybridized carbons (Fsp3) is 0.692. The number of hydrogen-bond donors (Lipinski definition) is 0. The number of carbonyl (C=O) groups excluding carboxylic acids is 1. The zero-order chi connectivity index (χ0) is 13.2. The predicted molar refractivity (Wildman–Crippen MR) is 68.8 cm³/mol. The molecule has 96 valence electrons. The summed E-state index contributed by atoms with van der Waals surface area (Å²) in [4.78, 5) is 14.3. The Labute approximate surface area is 104 Å². The van der Waals surface area contributed by atoms with E-state index in [1.165, 1.54) is 0 Å². The topological polar surface area (TPSA) is 38.1 Å². The molecule has 1 amide bonds. The summed E-state index contributed by atoms with van der Waals surface area (Å²) in [6, 6.07) is 1.96. The van der Waals surface area contributed by atoms with E-state index in [1.807, 2.05) is 18.7 Å². The smallest absolute Gasteiger partial charge is 0.272 e. The van der Waals surface area contributed by atoms with Crippen LogP contribution in [0.25, 0.3) is 0 Å². The average Bonchev–Trinajstić information content (AvgIpc) is 2.58. The number of carbonyl (C=O) groups is 1. The molecule has 0 radical (unpaired) electrons. The Balaban J connectivity index is 2.93. The van der Waals surface area contributed by atoms with Gasteiger partial charge in [-0.25, -0.2) is 0 Å². The van der Waals surface area contributed by atoms with Crippen molar-refractivity contribution >= 4 is 5.91 Å². The minimum absolute atomic E-state index is 0.0509. The van der Waals surface area contributed by atoms with Crippen molar-refractivity contribution in [2.75, 3.05) is 6.54 Å². The molecule has 4 nitrogen and oxygen atoms in total. The summed E-state index contributed by atoms with van der Waals surface area (Å²) in [5, 5.41) is 4.05. The highest BCUT2D eigenvalue weighted by Gasteiger charge is 2.25. The fourth-order valence-electron chi connectivity index (χ4n) is 1.73. The molecule has 0 aromatic carbocycles. The van der Waals surface area contributed by atoms with Crippen LogP contribution >= 0.6 is 0 Å². The van der Waals surface area contributed by atoms with Gasteiger partial charge in [-0.15, -0.1) is 0 Å². The molecule has 0 N–H and O–H groups in total. The first kappa shape index (κ1) is 13.7. The van der Waals surface area contributed by atoms with E-state index in [2.05, 4.69) is 25.9 Å². The van der Waals surface area contributed by atoms with Crippen LogP contribution < -0.4 is 0 Å². The fourth-order valence-corrected chi connectivity index (χ4v) is 1.73. The summed E-state index contributed by atoms with van der Waals surface area (Å²) >= 11 is 0. The van der Waals surface area contributed by atoms with Gasteiger partial charge >= 0.3 is 0 Å². The van der Waals surface area contributed by atoms with E-state index in [-0.39, 0.29) is 17.4 Å². The number of aryl methyl sites for hydroxylation is 1. The van der Waals surface area contributed by atoms with Gasteiger partial charge in [0, 0.05) is 25.8 Å². The van der Waals surface area contributed by atoms with Crippen LogP contribution in [0.2, 0.25) is 0 Å². The van der Waals surface area contributed by atoms with Crippen molar-refractivity contribution in [2.45, 2.75) is 40.7 Å². The van der Waals surface area contributed by atoms with Crippen molar-refractivity contribution in [3.05, 3.63) is 18.0 Å². The minimum Gasteiger partial charge on any atom is -0.334 e. The number of hydrogen-bond acceptors (Lipinski definition) is 2. The molecule has 0 unspecified atom stereocenters. The van der Waals surface area contributed by atoms with E-state index >= 15 is 0 Å². The van der Waals surface area contributed by atoms with Gasteiger partial charge in [0.05, 0.1) is 0 Å². The van der Waals surface area contributed by atoms with Crippen LogP contribution in [0.5, 0.6) is 0 Å². The first-order valence-corrected chi connectivity index (χ1v) is 6.01. The molecular weight excluding hydrogens is 214 g/mol. The molecule has 0 saturated carbocycles. The third-order valence-electron chi connectivity index (χ3n) is 2.57. The maximum Gasteiger partial charge on any atom is 0.272 e. The Morgan fingerprint density at radius 1 is 1.47 bits per heavy atom. The van der Waals surface area contributed by atoms with Crippen molar-refractivity contribution in [1.29, 1.82) is 0 Å². The molecule has 0 atom stereocenters. The molecular formula is C13H23N3O. The first-order valence-electron chi connectivity index (χ1n) is 6.01. The Hall–Kier alpha value is -1.32. The highest BCUT2D eigenvalue weighted by Crippen LogP contribution is 2.19. The van der Waals surface area contributed by atoms with Gasteiger partial charge in [-0.3, -0.25) is 9.48 Å². The zero-order valence-corrected chi connectivity index (χ0v) is 11.7. The lowest BCUT2D eigenvalue weighted by Gasteiger charge is -2.33. The second-order valence-electron chi connectivity index (χ2n) is 5.93. The van der Waals surface area contributed by atoms with Crippen LogP contribution in [0.15, 0.2) is 12.3 Å². The molecule has 1 aromatic heterocycles. The molecule has 1 rings (SSSR count). The maximum absolute atomic E-state index is 12.4. The first-order chi connectivity index (χ1) is 7.72. The lowest BCUT2D eigenvalue weighted by atomic mass is 9.95. The van der Waals surface area contributed by atoms with E-state index < -0.39 is 0 Å². The summed E-state index contributed by atoms with van der Waals surface area (Å²) in [5.74, 6) is 0.0509. The van der Waals surface area contributed by atoms with Crippen LogP contribution in [0.1, 0.15) is 45.1 Å². The summed E-state index contributed by atoms with van der Waals surface area (Å²) < 4.78 is 1.63. The summed E-state index contributed by atoms with van der Waals surface area (Å²) in [5.41, 5.74) is 0.737. The van der Waals surface area contributed by atoms with Gasteiger partial charge < -0.3 is 4.90 Å². The van der Waals surface area contributed by atoms with E-state index in [0.717, 1.165) is 6.54 Å². The van der Waals surface area contributed by atoms with Crippen molar-refractivity contribution in [3.8, 4) is 0 Å². The average molecular weight is 237 g/mol. The van der Waals surface area contributed by atoms with Crippen molar-refractivity contribution in [2.24, 2.45) is 12.5 Å². The van der Waals surface area contributed by atoms with Crippen molar-refractivity contribution < 1.29 is 4.79 Å². The Morgan fingerprint density at radius 3 is 2.41 bits per heavy atom. The van der Waals surface area contributed by atoms with Gasteiger partial charge in [0.15, 0.2) is 0 Å². The molecule has 0 spiro atoms. The quantitative estimate of drug-likeness (QED) is 0.809. The van der Waals surface area contributed by atoms with Gasteiger partial charge in [-0.2, -0.15) is 5.10 Å². The SMILES string of the molecule is CC(C)N(CC(C)(C)C)C(=O)c1ccnn1C. The lowest BCUT2D eigenvalue weighted by molar-refractivity contribution is 0.0621. The number of aromatic nitrogens is 2. The van der Waals surface area contributed by atoms with Gasteiger partial charge in [-0.05, 0) is 25.3 Å². The molecule has 0 aliphatic heterocycles. The largest absolute Gasteiger partial charge is 0.334 e. The van der Waals surface area contributed by atoms with Crippen LogP contribution in [0, 0.1) is 5.41 Å². The lowest BCUT2D eigenvalue weighted by Crippen LogP contribution is -2.43. The van der Waals surface area contributed by atoms with E-state index in [0.29, 0.717) is 5.69 Å². The summed E-state index contributed by atoms with van der Waals surface area (Å²) in [7, 11) is 1.79. The van der Waals surface area contributed by atoms with Gasteiger partial charge in [0.1, 0.15) is 5.69 Å². The van der Waals surface area contributed by atoms with Crippen molar-refractivity contribution in [1.82, 2.24) is 14.7 Å². The van der Waals surface area contributed by atoms with Gasteiger partial charge in [0.25, 0.3) is 5.91 Å². The highest BCUT2D eigenvalue weighted by molar-refractivity contribution is 5.92. The maximum atomic E-state index is 12.4. The second-order valence-corrected chi connectivity index (χ2v) is 5.93. The third-order valence-corrected chi connectivity index (χ3v) is 2.57. The van der Waals surface area contributed by atoms with E-state index in [9.17, 15) is 4.79 Å². The molecule has 1 aromatic rings. The molecule has 0 bridgehead atoms. The minimum atomic E-state index is 0.0509.